The van der Waals surface area contributed by atoms with Crippen molar-refractivity contribution in [3.05, 3.63) is 89.0 Å². The second kappa shape index (κ2) is 21.0. The van der Waals surface area contributed by atoms with E-state index < -0.39 is 0 Å². The number of hydrogen-bond acceptors (Lipinski definition) is 6. The highest BCUT2D eigenvalue weighted by atomic mass is 16.5. The van der Waals surface area contributed by atoms with Gasteiger partial charge in [0, 0.05) is 51.4 Å². The fourth-order valence-electron chi connectivity index (χ4n) is 5.19. The maximum Gasteiger partial charge on any atom is 0.256 e. The van der Waals surface area contributed by atoms with E-state index in [4.69, 9.17) is 9.47 Å². The summed E-state index contributed by atoms with van der Waals surface area (Å²) in [5, 5.41) is 0. The number of hydrogen-bond donors (Lipinski definition) is 0. The first-order valence-electron chi connectivity index (χ1n) is 16.1. The maximum absolute atomic E-state index is 13.8. The first-order chi connectivity index (χ1) is 21.5. The Morgan fingerprint density at radius 2 is 1.52 bits per heavy atom. The van der Waals surface area contributed by atoms with Crippen LogP contribution in [-0.4, -0.2) is 68.9 Å². The fourth-order valence-corrected chi connectivity index (χ4v) is 5.19. The highest BCUT2D eigenvalue weighted by Gasteiger charge is 2.30. The number of benzene rings is 3. The van der Waals surface area contributed by atoms with Crippen molar-refractivity contribution in [1.29, 1.82) is 0 Å². The highest BCUT2D eigenvalue weighted by molar-refractivity contribution is 6.06. The largest absolute Gasteiger partial charge is 0.493 e. The highest BCUT2D eigenvalue weighted by Crippen LogP contribution is 2.30. The molecule has 0 aromatic heterocycles. The molecule has 0 saturated carbocycles. The summed E-state index contributed by atoms with van der Waals surface area (Å²) in [5.41, 5.74) is 3.89. The Bertz CT molecular complexity index is 1250. The smallest absolute Gasteiger partial charge is 0.256 e. The van der Waals surface area contributed by atoms with Crippen LogP contribution in [0, 0.1) is 0 Å². The zero-order valence-corrected chi connectivity index (χ0v) is 28.7. The van der Waals surface area contributed by atoms with Gasteiger partial charge in [-0.15, -0.1) is 0 Å². The Labute approximate surface area is 266 Å². The molecule has 1 amide bonds. The molecule has 3 aromatic carbocycles. The molecule has 0 bridgehead atoms. The van der Waals surface area contributed by atoms with Crippen LogP contribution in [0.25, 0.3) is 0 Å². The number of carbonyl (C=O) groups is 2. The van der Waals surface area contributed by atoms with Gasteiger partial charge in [0.05, 0.1) is 25.5 Å². The molecule has 0 radical (unpaired) electrons. The third-order valence-corrected chi connectivity index (χ3v) is 7.28. The van der Waals surface area contributed by atoms with Crippen molar-refractivity contribution in [2.24, 2.45) is 0 Å². The molecule has 1 fully saturated rings. The number of anilines is 1. The van der Waals surface area contributed by atoms with Gasteiger partial charge in [0.1, 0.15) is 0 Å². The van der Waals surface area contributed by atoms with Crippen molar-refractivity contribution in [3.63, 3.8) is 0 Å². The number of methoxy groups -OCH3 is 2. The number of rotatable bonds is 10. The van der Waals surface area contributed by atoms with Gasteiger partial charge in [-0.3, -0.25) is 14.5 Å². The van der Waals surface area contributed by atoms with E-state index in [9.17, 15) is 9.59 Å². The molecule has 0 N–H and O–H groups in total. The minimum atomic E-state index is -0.183. The summed E-state index contributed by atoms with van der Waals surface area (Å²) in [5.74, 6) is 1.06. The van der Waals surface area contributed by atoms with Crippen molar-refractivity contribution in [2.45, 2.75) is 74.0 Å². The number of amides is 1. The second-order valence-corrected chi connectivity index (χ2v) is 9.67. The van der Waals surface area contributed by atoms with Crippen molar-refractivity contribution >= 4 is 17.9 Å². The fraction of sp³-hybridized carbons (Fsp3) is 0.459. The van der Waals surface area contributed by atoms with E-state index >= 15 is 0 Å². The maximum atomic E-state index is 13.8. The van der Waals surface area contributed by atoms with Gasteiger partial charge in [-0.25, -0.2) is 0 Å². The predicted molar refractivity (Wildman–Crippen MR) is 184 cm³/mol. The second-order valence-electron chi connectivity index (χ2n) is 9.67. The van der Waals surface area contributed by atoms with Crippen LogP contribution in [0.4, 0.5) is 5.69 Å². The van der Waals surface area contributed by atoms with Crippen LogP contribution in [0.15, 0.2) is 66.7 Å². The van der Waals surface area contributed by atoms with Gasteiger partial charge in [0.2, 0.25) is 0 Å². The molecule has 3 aromatic rings. The lowest BCUT2D eigenvalue weighted by Crippen LogP contribution is -2.53. The Kier molecular flexibility index (Phi) is 18.2. The standard InChI is InChI=1S/C31H37N3O4.3C2H6/c1-5-26-21-34(17-16-33(26)20-23-10-7-6-8-11-23)27-13-9-12-25(22-35)30(27)31(36)32(2)19-24-14-15-28(37-3)29(18-24)38-4;3*1-2/h6-15,18,22,26H,5,16-17,19-21H2,1-4H3;3*1-2H3. The van der Waals surface area contributed by atoms with E-state index in [2.05, 4.69) is 41.0 Å². The van der Waals surface area contributed by atoms with E-state index in [1.165, 1.54) is 5.56 Å². The molecule has 242 valence electrons. The third-order valence-electron chi connectivity index (χ3n) is 7.28. The van der Waals surface area contributed by atoms with E-state index in [1.54, 1.807) is 32.2 Å². The monoisotopic (exact) mass is 605 g/mol. The van der Waals surface area contributed by atoms with Crippen LogP contribution >= 0.6 is 0 Å². The molecule has 0 spiro atoms. The summed E-state index contributed by atoms with van der Waals surface area (Å²) >= 11 is 0. The molecule has 4 rings (SSSR count). The first kappa shape index (κ1) is 38.2. The van der Waals surface area contributed by atoms with Crippen LogP contribution in [0.3, 0.4) is 0 Å². The molecule has 1 unspecified atom stereocenters. The van der Waals surface area contributed by atoms with Crippen molar-refractivity contribution < 1.29 is 19.1 Å². The van der Waals surface area contributed by atoms with Crippen molar-refractivity contribution in [2.75, 3.05) is 45.8 Å². The van der Waals surface area contributed by atoms with Gasteiger partial charge in [-0.2, -0.15) is 0 Å². The molecule has 1 aliphatic rings. The van der Waals surface area contributed by atoms with Gasteiger partial charge < -0.3 is 19.3 Å². The predicted octanol–water partition coefficient (Wildman–Crippen LogP) is 7.97. The lowest BCUT2D eigenvalue weighted by molar-refractivity contribution is 0.0782. The SMILES string of the molecule is CC.CC.CC.CCC1CN(c2cccc(C=O)c2C(=O)N(C)Cc2ccc(OC)c(OC)c2)CCN1Cc1ccccc1. The molecule has 1 aliphatic heterocycles. The van der Waals surface area contributed by atoms with Crippen LogP contribution < -0.4 is 14.4 Å². The summed E-state index contributed by atoms with van der Waals surface area (Å²) in [6, 6.07) is 22.0. The van der Waals surface area contributed by atoms with Gasteiger partial charge in [-0.1, -0.05) is 97.0 Å². The molecule has 1 atom stereocenters. The van der Waals surface area contributed by atoms with Crippen molar-refractivity contribution in [1.82, 2.24) is 9.80 Å². The topological polar surface area (TPSA) is 62.3 Å². The Hall–Kier alpha value is -3.84. The molecule has 1 heterocycles. The minimum Gasteiger partial charge on any atom is -0.493 e. The number of carbonyl (C=O) groups excluding carboxylic acids is 2. The quantitative estimate of drug-likeness (QED) is 0.219. The van der Waals surface area contributed by atoms with E-state index in [-0.39, 0.29) is 5.91 Å². The first-order valence-corrected chi connectivity index (χ1v) is 16.1. The molecular formula is C37H55N3O4. The number of aldehydes is 1. The summed E-state index contributed by atoms with van der Waals surface area (Å²) < 4.78 is 10.8. The van der Waals surface area contributed by atoms with E-state index in [0.29, 0.717) is 35.2 Å². The summed E-state index contributed by atoms with van der Waals surface area (Å²) in [7, 11) is 4.94. The van der Waals surface area contributed by atoms with Crippen LogP contribution in [0.1, 0.15) is 86.7 Å². The Morgan fingerprint density at radius 1 is 0.864 bits per heavy atom. The number of nitrogens with zero attached hydrogens (tertiary/aromatic N) is 3. The lowest BCUT2D eigenvalue weighted by atomic mass is 10.0. The number of piperazine rings is 1. The molecule has 44 heavy (non-hydrogen) atoms. The Balaban J connectivity index is 0.00000152. The average molecular weight is 606 g/mol. The molecule has 7 nitrogen and oxygen atoms in total. The normalized spacial score (nSPS) is 14.0. The molecule has 1 saturated heterocycles. The number of ether oxygens (including phenoxy) is 2. The third kappa shape index (κ3) is 10.1. The van der Waals surface area contributed by atoms with Crippen molar-refractivity contribution in [3.8, 4) is 11.5 Å². The minimum absolute atomic E-state index is 0.183. The molecular weight excluding hydrogens is 550 g/mol. The van der Waals surface area contributed by atoms with Gasteiger partial charge in [0.15, 0.2) is 17.8 Å². The summed E-state index contributed by atoms with van der Waals surface area (Å²) in [4.78, 5) is 32.3. The molecule has 7 heteroatoms. The zero-order valence-electron chi connectivity index (χ0n) is 28.7. The summed E-state index contributed by atoms with van der Waals surface area (Å²) in [6.45, 7) is 17.9. The van der Waals surface area contributed by atoms with Gasteiger partial charge >= 0.3 is 0 Å². The average Bonchev–Trinajstić information content (AvgIpc) is 3.10. The van der Waals surface area contributed by atoms with Crippen LogP contribution in [-0.2, 0) is 13.1 Å². The van der Waals surface area contributed by atoms with Gasteiger partial charge in [-0.05, 0) is 35.7 Å². The van der Waals surface area contributed by atoms with Crippen LogP contribution in [0.5, 0.6) is 11.5 Å². The van der Waals surface area contributed by atoms with Gasteiger partial charge in [0.25, 0.3) is 5.91 Å². The molecule has 0 aliphatic carbocycles. The summed E-state index contributed by atoms with van der Waals surface area (Å²) in [6.07, 6.45) is 1.78. The Morgan fingerprint density at radius 3 is 2.11 bits per heavy atom. The zero-order chi connectivity index (χ0) is 33.1. The lowest BCUT2D eigenvalue weighted by Gasteiger charge is -2.43. The van der Waals surface area contributed by atoms with E-state index in [1.807, 2.05) is 77.9 Å². The van der Waals surface area contributed by atoms with Crippen LogP contribution in [0.2, 0.25) is 0 Å². The van der Waals surface area contributed by atoms with E-state index in [0.717, 1.165) is 50.1 Å².